The Balaban J connectivity index is 1.72. The van der Waals surface area contributed by atoms with Crippen LogP contribution in [0.1, 0.15) is 30.2 Å². The van der Waals surface area contributed by atoms with Gasteiger partial charge in [-0.15, -0.1) is 0 Å². The lowest BCUT2D eigenvalue weighted by atomic mass is 10.2. The van der Waals surface area contributed by atoms with E-state index in [1.54, 1.807) is 12.3 Å². The van der Waals surface area contributed by atoms with Crippen molar-refractivity contribution in [3.05, 3.63) is 60.1 Å². The minimum atomic E-state index is -3.51. The molecule has 1 aromatic heterocycles. The van der Waals surface area contributed by atoms with Crippen LogP contribution < -0.4 is 4.72 Å². The molecule has 6 heteroatoms. The van der Waals surface area contributed by atoms with Crippen molar-refractivity contribution in [1.82, 2.24) is 9.03 Å². The summed E-state index contributed by atoms with van der Waals surface area (Å²) in [5.41, 5.74) is 0.940. The van der Waals surface area contributed by atoms with E-state index >= 15 is 0 Å². The zero-order valence-corrected chi connectivity index (χ0v) is 12.4. The number of hydrogen-bond acceptors (Lipinski definition) is 3. The first-order valence-corrected chi connectivity index (χ1v) is 8.44. The summed E-state index contributed by atoms with van der Waals surface area (Å²) in [5, 5.41) is 0. The molecule has 21 heavy (non-hydrogen) atoms. The van der Waals surface area contributed by atoms with Crippen LogP contribution in [0.15, 0.2) is 53.1 Å². The highest BCUT2D eigenvalue weighted by molar-refractivity contribution is 7.87. The van der Waals surface area contributed by atoms with Crippen molar-refractivity contribution < 1.29 is 12.8 Å². The molecule has 1 saturated heterocycles. The van der Waals surface area contributed by atoms with Gasteiger partial charge in [0.2, 0.25) is 0 Å². The summed E-state index contributed by atoms with van der Waals surface area (Å²) >= 11 is 0. The molecule has 3 rings (SSSR count). The van der Waals surface area contributed by atoms with E-state index < -0.39 is 10.2 Å². The van der Waals surface area contributed by atoms with Gasteiger partial charge in [-0.2, -0.15) is 17.4 Å². The summed E-state index contributed by atoms with van der Waals surface area (Å²) in [4.78, 5) is 0. The lowest BCUT2D eigenvalue weighted by Gasteiger charge is -2.22. The molecule has 5 nitrogen and oxygen atoms in total. The largest absolute Gasteiger partial charge is 0.468 e. The number of rotatable bonds is 5. The topological polar surface area (TPSA) is 62.6 Å². The maximum atomic E-state index is 12.5. The van der Waals surface area contributed by atoms with Crippen LogP contribution in [0.3, 0.4) is 0 Å². The molecule has 1 aliphatic heterocycles. The first-order valence-electron chi connectivity index (χ1n) is 7.00. The second-order valence-electron chi connectivity index (χ2n) is 5.10. The van der Waals surface area contributed by atoms with Crippen LogP contribution in [0, 0.1) is 0 Å². The third kappa shape index (κ3) is 3.18. The van der Waals surface area contributed by atoms with Crippen molar-refractivity contribution in [3.63, 3.8) is 0 Å². The number of nitrogens with one attached hydrogen (secondary N) is 1. The van der Waals surface area contributed by atoms with E-state index in [9.17, 15) is 8.42 Å². The van der Waals surface area contributed by atoms with E-state index in [-0.39, 0.29) is 6.04 Å². The molecule has 1 aliphatic rings. The monoisotopic (exact) mass is 306 g/mol. The van der Waals surface area contributed by atoms with Gasteiger partial charge in [-0.1, -0.05) is 30.3 Å². The molecular formula is C15H18N2O3S. The fraction of sp³-hybridized carbons (Fsp3) is 0.333. The lowest BCUT2D eigenvalue weighted by Crippen LogP contribution is -2.39. The van der Waals surface area contributed by atoms with Crippen molar-refractivity contribution in [1.29, 1.82) is 0 Å². The van der Waals surface area contributed by atoms with Gasteiger partial charge >= 0.3 is 0 Å². The average molecular weight is 306 g/mol. The molecule has 1 unspecified atom stereocenters. The fourth-order valence-electron chi connectivity index (χ4n) is 2.65. The molecule has 1 N–H and O–H groups in total. The molecule has 0 aliphatic carbocycles. The molecule has 0 saturated carbocycles. The third-order valence-corrected chi connectivity index (χ3v) is 5.25. The second-order valence-corrected chi connectivity index (χ2v) is 6.80. The zero-order chi connectivity index (χ0) is 14.7. The Labute approximate surface area is 124 Å². The fourth-order valence-corrected chi connectivity index (χ4v) is 4.08. The second kappa shape index (κ2) is 6.01. The predicted molar refractivity (Wildman–Crippen MR) is 79.6 cm³/mol. The van der Waals surface area contributed by atoms with Crippen molar-refractivity contribution >= 4 is 10.2 Å². The molecule has 1 fully saturated rings. The molecule has 1 aromatic carbocycles. The van der Waals surface area contributed by atoms with Crippen LogP contribution in [0.25, 0.3) is 0 Å². The number of benzene rings is 1. The van der Waals surface area contributed by atoms with E-state index in [2.05, 4.69) is 4.72 Å². The summed E-state index contributed by atoms with van der Waals surface area (Å²) in [5.74, 6) is 0.706. The van der Waals surface area contributed by atoms with Crippen molar-refractivity contribution in [2.24, 2.45) is 0 Å². The molecule has 0 spiro atoms. The number of furan rings is 1. The van der Waals surface area contributed by atoms with E-state index in [4.69, 9.17) is 4.42 Å². The normalized spacial score (nSPS) is 19.9. The molecule has 2 heterocycles. The summed E-state index contributed by atoms with van der Waals surface area (Å²) in [7, 11) is -3.51. The first kappa shape index (κ1) is 14.3. The smallest absolute Gasteiger partial charge is 0.280 e. The minimum absolute atomic E-state index is 0.201. The molecular weight excluding hydrogens is 288 g/mol. The number of hydrogen-bond donors (Lipinski definition) is 1. The quantitative estimate of drug-likeness (QED) is 0.923. The first-order chi connectivity index (χ1) is 10.2. The number of nitrogens with zero attached hydrogens (tertiary/aromatic N) is 1. The van der Waals surface area contributed by atoms with Gasteiger partial charge in [0.1, 0.15) is 5.76 Å². The summed E-state index contributed by atoms with van der Waals surface area (Å²) in [6.07, 6.45) is 3.22. The Hall–Kier alpha value is -1.63. The summed E-state index contributed by atoms with van der Waals surface area (Å²) in [6.45, 7) is 0.819. The SMILES string of the molecule is O=S(=O)(NCc1ccccc1)N1CCCC1c1ccco1. The Kier molecular flexibility index (Phi) is 4.10. The Morgan fingerprint density at radius 1 is 1.19 bits per heavy atom. The van der Waals surface area contributed by atoms with Crippen LogP contribution in [0.4, 0.5) is 0 Å². The highest BCUT2D eigenvalue weighted by Gasteiger charge is 2.36. The van der Waals surface area contributed by atoms with Crippen LogP contribution in [-0.2, 0) is 16.8 Å². The van der Waals surface area contributed by atoms with E-state index in [0.29, 0.717) is 18.8 Å². The summed E-state index contributed by atoms with van der Waals surface area (Å²) < 4.78 is 34.5. The Morgan fingerprint density at radius 2 is 2.00 bits per heavy atom. The van der Waals surface area contributed by atoms with Crippen molar-refractivity contribution in [3.8, 4) is 0 Å². The zero-order valence-electron chi connectivity index (χ0n) is 11.6. The third-order valence-electron chi connectivity index (χ3n) is 3.69. The van der Waals surface area contributed by atoms with Crippen LogP contribution in [0.2, 0.25) is 0 Å². The Morgan fingerprint density at radius 3 is 2.71 bits per heavy atom. The highest BCUT2D eigenvalue weighted by Crippen LogP contribution is 2.33. The molecule has 112 valence electrons. The lowest BCUT2D eigenvalue weighted by molar-refractivity contribution is 0.335. The van der Waals surface area contributed by atoms with Crippen LogP contribution in [-0.4, -0.2) is 19.3 Å². The molecule has 1 atom stereocenters. The van der Waals surface area contributed by atoms with Gasteiger partial charge < -0.3 is 4.42 Å². The van der Waals surface area contributed by atoms with Crippen LogP contribution in [0.5, 0.6) is 0 Å². The maximum absolute atomic E-state index is 12.5. The molecule has 0 amide bonds. The van der Waals surface area contributed by atoms with Crippen molar-refractivity contribution in [2.75, 3.05) is 6.54 Å². The minimum Gasteiger partial charge on any atom is -0.468 e. The molecule has 0 radical (unpaired) electrons. The van der Waals surface area contributed by atoms with E-state index in [0.717, 1.165) is 18.4 Å². The average Bonchev–Trinajstić information content (AvgIpc) is 3.16. The predicted octanol–water partition coefficient (Wildman–Crippen LogP) is 2.45. The standard InChI is InChI=1S/C15H18N2O3S/c18-21(19,16-12-13-6-2-1-3-7-13)17-10-4-8-14(17)15-9-5-11-20-15/h1-3,5-7,9,11,14,16H,4,8,10,12H2. The maximum Gasteiger partial charge on any atom is 0.280 e. The van der Waals surface area contributed by atoms with Gasteiger partial charge in [0.25, 0.3) is 10.2 Å². The molecule has 2 aromatic rings. The van der Waals surface area contributed by atoms with Gasteiger partial charge in [-0.05, 0) is 30.5 Å². The van der Waals surface area contributed by atoms with Gasteiger partial charge in [0, 0.05) is 13.1 Å². The van der Waals surface area contributed by atoms with E-state index in [1.807, 2.05) is 36.4 Å². The van der Waals surface area contributed by atoms with Crippen LogP contribution >= 0.6 is 0 Å². The highest BCUT2D eigenvalue weighted by atomic mass is 32.2. The Bertz CT molecular complexity index is 668. The van der Waals surface area contributed by atoms with Gasteiger partial charge in [-0.25, -0.2) is 0 Å². The van der Waals surface area contributed by atoms with E-state index in [1.165, 1.54) is 4.31 Å². The van der Waals surface area contributed by atoms with Gasteiger partial charge in [0.15, 0.2) is 0 Å². The van der Waals surface area contributed by atoms with Gasteiger partial charge in [-0.3, -0.25) is 0 Å². The van der Waals surface area contributed by atoms with Crippen molar-refractivity contribution in [2.45, 2.75) is 25.4 Å². The molecule has 0 bridgehead atoms. The van der Waals surface area contributed by atoms with Gasteiger partial charge in [0.05, 0.1) is 12.3 Å². The summed E-state index contributed by atoms with van der Waals surface area (Å²) in [6, 6.07) is 12.9.